The third-order valence-electron chi connectivity index (χ3n) is 3.75. The second-order valence-electron chi connectivity index (χ2n) is 5.29. The number of nitrogens with zero attached hydrogens (tertiary/aromatic N) is 2. The Labute approximate surface area is 97.5 Å². The number of aliphatic hydroxyl groups is 1. The van der Waals surface area contributed by atoms with Crippen molar-refractivity contribution < 1.29 is 5.11 Å². The molecule has 1 aromatic heterocycles. The summed E-state index contributed by atoms with van der Waals surface area (Å²) >= 11 is 0. The van der Waals surface area contributed by atoms with Crippen molar-refractivity contribution in [3.8, 4) is 0 Å². The minimum atomic E-state index is -0.478. The van der Waals surface area contributed by atoms with Gasteiger partial charge in [-0.15, -0.1) is 0 Å². The SMILES string of the molecule is CCn1cc(CC2(O)CCC(C)CC2)cn1. The Morgan fingerprint density at radius 1 is 1.50 bits per heavy atom. The van der Waals surface area contributed by atoms with E-state index in [1.165, 1.54) is 5.56 Å². The van der Waals surface area contributed by atoms with Crippen molar-refractivity contribution in [2.45, 2.75) is 58.1 Å². The van der Waals surface area contributed by atoms with Crippen molar-refractivity contribution in [3.05, 3.63) is 18.0 Å². The lowest BCUT2D eigenvalue weighted by Gasteiger charge is -2.34. The maximum atomic E-state index is 10.5. The Balaban J connectivity index is 1.97. The summed E-state index contributed by atoms with van der Waals surface area (Å²) in [6, 6.07) is 0. The van der Waals surface area contributed by atoms with Crippen LogP contribution in [-0.2, 0) is 13.0 Å². The fourth-order valence-corrected chi connectivity index (χ4v) is 2.53. The van der Waals surface area contributed by atoms with E-state index in [9.17, 15) is 5.11 Å². The molecule has 1 N–H and O–H groups in total. The van der Waals surface area contributed by atoms with Gasteiger partial charge in [-0.3, -0.25) is 4.68 Å². The molecule has 1 fully saturated rings. The highest BCUT2D eigenvalue weighted by molar-refractivity contribution is 5.09. The summed E-state index contributed by atoms with van der Waals surface area (Å²) in [6.45, 7) is 5.25. The first-order valence-corrected chi connectivity index (χ1v) is 6.35. The summed E-state index contributed by atoms with van der Waals surface area (Å²) in [4.78, 5) is 0. The molecule has 1 aromatic rings. The predicted molar refractivity (Wildman–Crippen MR) is 64.2 cm³/mol. The first-order valence-electron chi connectivity index (χ1n) is 6.35. The van der Waals surface area contributed by atoms with Crippen molar-refractivity contribution >= 4 is 0 Å². The smallest absolute Gasteiger partial charge is 0.0689 e. The second kappa shape index (κ2) is 4.58. The highest BCUT2D eigenvalue weighted by atomic mass is 16.3. The van der Waals surface area contributed by atoms with E-state index in [1.54, 1.807) is 0 Å². The molecular weight excluding hydrogens is 200 g/mol. The highest BCUT2D eigenvalue weighted by Crippen LogP contribution is 2.34. The third kappa shape index (κ3) is 2.64. The number of rotatable bonds is 3. The van der Waals surface area contributed by atoms with Gasteiger partial charge in [0.25, 0.3) is 0 Å². The van der Waals surface area contributed by atoms with Crippen LogP contribution in [0.4, 0.5) is 0 Å². The van der Waals surface area contributed by atoms with Crippen molar-refractivity contribution in [3.63, 3.8) is 0 Å². The standard InChI is InChI=1S/C13H22N2O/c1-3-15-10-12(9-14-15)8-13(16)6-4-11(2)5-7-13/h9-11,16H,3-8H2,1-2H3. The monoisotopic (exact) mass is 222 g/mol. The van der Waals surface area contributed by atoms with E-state index in [4.69, 9.17) is 0 Å². The zero-order chi connectivity index (χ0) is 11.6. The van der Waals surface area contributed by atoms with Crippen LogP contribution in [0.15, 0.2) is 12.4 Å². The molecule has 0 unspecified atom stereocenters. The minimum absolute atomic E-state index is 0.478. The third-order valence-corrected chi connectivity index (χ3v) is 3.75. The summed E-state index contributed by atoms with van der Waals surface area (Å²) in [5.41, 5.74) is 0.688. The van der Waals surface area contributed by atoms with Crippen molar-refractivity contribution in [1.29, 1.82) is 0 Å². The molecular formula is C13H22N2O. The van der Waals surface area contributed by atoms with Gasteiger partial charge in [0.05, 0.1) is 11.8 Å². The molecule has 3 nitrogen and oxygen atoms in total. The van der Waals surface area contributed by atoms with E-state index in [2.05, 4.69) is 25.1 Å². The van der Waals surface area contributed by atoms with Crippen molar-refractivity contribution in [2.75, 3.05) is 0 Å². The molecule has 1 saturated carbocycles. The van der Waals surface area contributed by atoms with Gasteiger partial charge >= 0.3 is 0 Å². The van der Waals surface area contributed by atoms with Crippen molar-refractivity contribution in [1.82, 2.24) is 9.78 Å². The summed E-state index contributed by atoms with van der Waals surface area (Å²) in [5.74, 6) is 0.777. The van der Waals surface area contributed by atoms with Crippen LogP contribution in [0.5, 0.6) is 0 Å². The molecule has 0 amide bonds. The largest absolute Gasteiger partial charge is 0.390 e. The normalized spacial score (nSPS) is 30.6. The number of hydrogen-bond acceptors (Lipinski definition) is 2. The van der Waals surface area contributed by atoms with Crippen LogP contribution in [-0.4, -0.2) is 20.5 Å². The fraction of sp³-hybridized carbons (Fsp3) is 0.769. The van der Waals surface area contributed by atoms with E-state index in [-0.39, 0.29) is 0 Å². The molecule has 16 heavy (non-hydrogen) atoms. The van der Waals surface area contributed by atoms with Gasteiger partial charge in [-0.25, -0.2) is 0 Å². The van der Waals surface area contributed by atoms with Crippen molar-refractivity contribution in [2.24, 2.45) is 5.92 Å². The van der Waals surface area contributed by atoms with Gasteiger partial charge in [0, 0.05) is 19.2 Å². The van der Waals surface area contributed by atoms with Crippen LogP contribution in [0.25, 0.3) is 0 Å². The van der Waals surface area contributed by atoms with Gasteiger partial charge in [0.2, 0.25) is 0 Å². The van der Waals surface area contributed by atoms with Gasteiger partial charge < -0.3 is 5.11 Å². The summed E-state index contributed by atoms with van der Waals surface area (Å²) in [6.07, 6.45) is 8.88. The minimum Gasteiger partial charge on any atom is -0.390 e. The van der Waals surface area contributed by atoms with E-state index < -0.39 is 5.60 Å². The average molecular weight is 222 g/mol. The van der Waals surface area contributed by atoms with Gasteiger partial charge in [0.1, 0.15) is 0 Å². The van der Waals surface area contributed by atoms with Crippen LogP contribution in [0, 0.1) is 5.92 Å². The summed E-state index contributed by atoms with van der Waals surface area (Å²) < 4.78 is 1.92. The molecule has 3 heteroatoms. The first kappa shape index (κ1) is 11.6. The maximum Gasteiger partial charge on any atom is 0.0689 e. The maximum absolute atomic E-state index is 10.5. The van der Waals surface area contributed by atoms with Gasteiger partial charge in [-0.1, -0.05) is 6.92 Å². The van der Waals surface area contributed by atoms with Crippen LogP contribution in [0.2, 0.25) is 0 Å². The van der Waals surface area contributed by atoms with Gasteiger partial charge in [-0.2, -0.15) is 5.10 Å². The van der Waals surface area contributed by atoms with Crippen LogP contribution in [0.3, 0.4) is 0 Å². The Bertz CT molecular complexity index is 337. The first-order chi connectivity index (χ1) is 7.61. The molecule has 1 aliphatic rings. The van der Waals surface area contributed by atoms with E-state index in [0.717, 1.165) is 44.6 Å². The lowest BCUT2D eigenvalue weighted by molar-refractivity contribution is -0.00669. The number of aromatic nitrogens is 2. The molecule has 0 aromatic carbocycles. The zero-order valence-electron chi connectivity index (χ0n) is 10.3. The molecule has 0 radical (unpaired) electrons. The molecule has 0 aliphatic heterocycles. The molecule has 0 bridgehead atoms. The molecule has 0 atom stereocenters. The van der Waals surface area contributed by atoms with Gasteiger partial charge in [-0.05, 0) is 44.1 Å². The molecule has 0 spiro atoms. The van der Waals surface area contributed by atoms with Gasteiger partial charge in [0.15, 0.2) is 0 Å². The van der Waals surface area contributed by atoms with E-state index in [0.29, 0.717) is 0 Å². The quantitative estimate of drug-likeness (QED) is 0.852. The second-order valence-corrected chi connectivity index (χ2v) is 5.29. The predicted octanol–water partition coefficient (Wildman–Crippen LogP) is 2.39. The fourth-order valence-electron chi connectivity index (χ4n) is 2.53. The Kier molecular flexibility index (Phi) is 3.33. The van der Waals surface area contributed by atoms with Crippen LogP contribution < -0.4 is 0 Å². The Hall–Kier alpha value is -0.830. The molecule has 90 valence electrons. The molecule has 1 heterocycles. The molecule has 1 aliphatic carbocycles. The zero-order valence-corrected chi connectivity index (χ0v) is 10.3. The van der Waals surface area contributed by atoms with E-state index >= 15 is 0 Å². The number of hydrogen-bond donors (Lipinski definition) is 1. The Morgan fingerprint density at radius 3 is 2.75 bits per heavy atom. The molecule has 2 rings (SSSR count). The topological polar surface area (TPSA) is 38.0 Å². The van der Waals surface area contributed by atoms with Crippen LogP contribution in [0.1, 0.15) is 45.1 Å². The molecule has 0 saturated heterocycles. The summed E-state index contributed by atoms with van der Waals surface area (Å²) in [5, 5.41) is 14.7. The Morgan fingerprint density at radius 2 is 2.19 bits per heavy atom. The lowest BCUT2D eigenvalue weighted by Crippen LogP contribution is -2.35. The summed E-state index contributed by atoms with van der Waals surface area (Å²) in [7, 11) is 0. The highest BCUT2D eigenvalue weighted by Gasteiger charge is 2.32. The van der Waals surface area contributed by atoms with Crippen LogP contribution >= 0.6 is 0 Å². The average Bonchev–Trinajstić information content (AvgIpc) is 2.70. The van der Waals surface area contributed by atoms with E-state index in [1.807, 2.05) is 10.9 Å². The lowest BCUT2D eigenvalue weighted by atomic mass is 9.77. The number of aryl methyl sites for hydroxylation is 1.